The van der Waals surface area contributed by atoms with E-state index in [0.717, 1.165) is 5.69 Å². The quantitative estimate of drug-likeness (QED) is 0.697. The minimum absolute atomic E-state index is 0.0496. The summed E-state index contributed by atoms with van der Waals surface area (Å²) in [6.07, 6.45) is 0. The topological polar surface area (TPSA) is 90.1 Å². The zero-order valence-corrected chi connectivity index (χ0v) is 12.4. The number of nitro benzene ring substituents is 1. The maximum Gasteiger partial charge on any atom is 0.288 e. The zero-order valence-electron chi connectivity index (χ0n) is 11.7. The van der Waals surface area contributed by atoms with E-state index in [9.17, 15) is 14.9 Å². The third-order valence-corrected chi connectivity index (χ3v) is 3.56. The second-order valence-corrected chi connectivity index (χ2v) is 4.90. The molecule has 1 amide bonds. The minimum atomic E-state index is -0.625. The number of aryl methyl sites for hydroxylation is 2. The van der Waals surface area contributed by atoms with Gasteiger partial charge >= 0.3 is 0 Å². The normalized spacial score (nSPS) is 10.5. The third-order valence-electron chi connectivity index (χ3n) is 3.17. The summed E-state index contributed by atoms with van der Waals surface area (Å²) in [5.41, 5.74) is 1.76. The van der Waals surface area contributed by atoms with Crippen LogP contribution in [0.25, 0.3) is 0 Å². The molecule has 0 unspecified atom stereocenters. The van der Waals surface area contributed by atoms with Crippen LogP contribution in [0.5, 0.6) is 0 Å². The van der Waals surface area contributed by atoms with Gasteiger partial charge in [0, 0.05) is 13.1 Å². The highest BCUT2D eigenvalue weighted by Crippen LogP contribution is 2.29. The standard InChI is InChI=1S/C13H13ClN4O3/c1-7-12(8(2)17(3)16-7)15-13(19)9-5-4-6-10(11(9)14)18(20)21/h4-6H,1-3H3,(H,15,19). The van der Waals surface area contributed by atoms with Crippen LogP contribution in [-0.4, -0.2) is 20.6 Å². The molecule has 1 N–H and O–H groups in total. The maximum atomic E-state index is 12.3. The number of benzene rings is 1. The Labute approximate surface area is 125 Å². The van der Waals surface area contributed by atoms with Crippen LogP contribution in [0.2, 0.25) is 5.02 Å². The molecule has 1 aromatic carbocycles. The Morgan fingerprint density at radius 3 is 2.62 bits per heavy atom. The summed E-state index contributed by atoms with van der Waals surface area (Å²) in [6.45, 7) is 3.57. The second kappa shape index (κ2) is 5.53. The molecule has 2 aromatic rings. The molecule has 8 heteroatoms. The number of amides is 1. The summed E-state index contributed by atoms with van der Waals surface area (Å²) in [4.78, 5) is 22.5. The SMILES string of the molecule is Cc1nn(C)c(C)c1NC(=O)c1cccc([N+](=O)[O-])c1Cl. The molecule has 0 saturated carbocycles. The van der Waals surface area contributed by atoms with Crippen LogP contribution < -0.4 is 5.32 Å². The zero-order chi connectivity index (χ0) is 15.7. The molecule has 0 aliphatic carbocycles. The molecule has 0 aliphatic rings. The van der Waals surface area contributed by atoms with E-state index >= 15 is 0 Å². The van der Waals surface area contributed by atoms with Gasteiger partial charge in [0.05, 0.1) is 27.6 Å². The van der Waals surface area contributed by atoms with Gasteiger partial charge in [0.25, 0.3) is 11.6 Å². The molecular formula is C13H13ClN4O3. The number of nitrogens with one attached hydrogen (secondary N) is 1. The molecule has 0 aliphatic heterocycles. The van der Waals surface area contributed by atoms with E-state index in [1.807, 2.05) is 6.92 Å². The number of hydrogen-bond donors (Lipinski definition) is 1. The molecule has 0 bridgehead atoms. The summed E-state index contributed by atoms with van der Waals surface area (Å²) in [5, 5.41) is 17.5. The lowest BCUT2D eigenvalue weighted by Gasteiger charge is -2.07. The molecule has 7 nitrogen and oxygen atoms in total. The highest BCUT2D eigenvalue weighted by Gasteiger charge is 2.21. The fourth-order valence-electron chi connectivity index (χ4n) is 1.97. The average molecular weight is 309 g/mol. The summed E-state index contributed by atoms with van der Waals surface area (Å²) >= 11 is 5.93. The lowest BCUT2D eigenvalue weighted by atomic mass is 10.1. The van der Waals surface area contributed by atoms with Crippen molar-refractivity contribution in [1.29, 1.82) is 0 Å². The van der Waals surface area contributed by atoms with Gasteiger partial charge in [0.1, 0.15) is 5.02 Å². The number of nitrogens with zero attached hydrogens (tertiary/aromatic N) is 3. The summed E-state index contributed by atoms with van der Waals surface area (Å²) in [5.74, 6) is -0.511. The van der Waals surface area contributed by atoms with Crippen LogP contribution in [0, 0.1) is 24.0 Å². The van der Waals surface area contributed by atoms with Crippen molar-refractivity contribution in [1.82, 2.24) is 9.78 Å². The number of hydrogen-bond acceptors (Lipinski definition) is 4. The lowest BCUT2D eigenvalue weighted by molar-refractivity contribution is -0.384. The van der Waals surface area contributed by atoms with Gasteiger partial charge in [-0.1, -0.05) is 17.7 Å². The summed E-state index contributed by atoms with van der Waals surface area (Å²) in [6, 6.07) is 4.10. The maximum absolute atomic E-state index is 12.3. The van der Waals surface area contributed by atoms with Gasteiger partial charge in [-0.25, -0.2) is 0 Å². The Morgan fingerprint density at radius 2 is 2.10 bits per heavy atom. The number of aromatic nitrogens is 2. The molecule has 0 saturated heterocycles. The van der Waals surface area contributed by atoms with Gasteiger partial charge in [0.15, 0.2) is 0 Å². The first kappa shape index (κ1) is 15.0. The monoisotopic (exact) mass is 308 g/mol. The minimum Gasteiger partial charge on any atom is -0.319 e. The Morgan fingerprint density at radius 1 is 1.43 bits per heavy atom. The van der Waals surface area contributed by atoms with E-state index in [-0.39, 0.29) is 16.3 Å². The number of rotatable bonds is 3. The molecule has 0 atom stereocenters. The van der Waals surface area contributed by atoms with Crippen molar-refractivity contribution in [3.8, 4) is 0 Å². The third kappa shape index (κ3) is 2.73. The first-order valence-corrected chi connectivity index (χ1v) is 6.45. The highest BCUT2D eigenvalue weighted by molar-refractivity contribution is 6.36. The molecule has 0 fully saturated rings. The summed E-state index contributed by atoms with van der Waals surface area (Å²) < 4.78 is 1.64. The molecule has 0 spiro atoms. The Kier molecular flexibility index (Phi) is 3.95. The van der Waals surface area contributed by atoms with Crippen molar-refractivity contribution in [3.05, 3.63) is 50.3 Å². The Hall–Kier alpha value is -2.41. The van der Waals surface area contributed by atoms with Gasteiger partial charge in [-0.05, 0) is 19.9 Å². The van der Waals surface area contributed by atoms with Crippen LogP contribution in [0.4, 0.5) is 11.4 Å². The molecule has 2 rings (SSSR count). The van der Waals surface area contributed by atoms with E-state index in [4.69, 9.17) is 11.6 Å². The van der Waals surface area contributed by atoms with Crippen LogP contribution in [0.3, 0.4) is 0 Å². The predicted octanol–water partition coefficient (Wildman–Crippen LogP) is 2.85. The highest BCUT2D eigenvalue weighted by atomic mass is 35.5. The average Bonchev–Trinajstić information content (AvgIpc) is 2.65. The van der Waals surface area contributed by atoms with Crippen LogP contribution in [0.1, 0.15) is 21.7 Å². The fourth-order valence-corrected chi connectivity index (χ4v) is 2.25. The number of nitro groups is 1. The van der Waals surface area contributed by atoms with E-state index in [1.54, 1.807) is 18.7 Å². The largest absolute Gasteiger partial charge is 0.319 e. The van der Waals surface area contributed by atoms with Crippen LogP contribution in [0.15, 0.2) is 18.2 Å². The smallest absolute Gasteiger partial charge is 0.288 e. The second-order valence-electron chi connectivity index (χ2n) is 4.52. The molecular weight excluding hydrogens is 296 g/mol. The van der Waals surface area contributed by atoms with Gasteiger partial charge in [-0.3, -0.25) is 19.6 Å². The van der Waals surface area contributed by atoms with Gasteiger partial charge in [-0.15, -0.1) is 0 Å². The van der Waals surface area contributed by atoms with Crippen LogP contribution in [-0.2, 0) is 7.05 Å². The lowest BCUT2D eigenvalue weighted by Crippen LogP contribution is -2.14. The van der Waals surface area contributed by atoms with E-state index in [2.05, 4.69) is 10.4 Å². The van der Waals surface area contributed by atoms with Crippen molar-refractivity contribution in [2.24, 2.45) is 7.05 Å². The van der Waals surface area contributed by atoms with Gasteiger partial charge in [0.2, 0.25) is 0 Å². The van der Waals surface area contributed by atoms with E-state index in [0.29, 0.717) is 11.4 Å². The van der Waals surface area contributed by atoms with Crippen molar-refractivity contribution < 1.29 is 9.72 Å². The van der Waals surface area contributed by atoms with E-state index < -0.39 is 10.8 Å². The Bertz CT molecular complexity index is 739. The first-order chi connectivity index (χ1) is 9.82. The first-order valence-electron chi connectivity index (χ1n) is 6.07. The number of anilines is 1. The van der Waals surface area contributed by atoms with Crippen molar-refractivity contribution in [2.75, 3.05) is 5.32 Å². The molecule has 110 valence electrons. The van der Waals surface area contributed by atoms with Crippen molar-refractivity contribution in [3.63, 3.8) is 0 Å². The number of carbonyl (C=O) groups excluding carboxylic acids is 1. The fraction of sp³-hybridized carbons (Fsp3) is 0.231. The van der Waals surface area contributed by atoms with Crippen LogP contribution >= 0.6 is 11.6 Å². The molecule has 21 heavy (non-hydrogen) atoms. The Balaban J connectivity index is 2.37. The molecule has 1 aromatic heterocycles. The van der Waals surface area contributed by atoms with Gasteiger partial charge in [-0.2, -0.15) is 5.10 Å². The molecule has 0 radical (unpaired) electrons. The van der Waals surface area contributed by atoms with Crippen molar-refractivity contribution in [2.45, 2.75) is 13.8 Å². The summed E-state index contributed by atoms with van der Waals surface area (Å²) in [7, 11) is 1.76. The number of carbonyl (C=O) groups is 1. The van der Waals surface area contributed by atoms with Gasteiger partial charge < -0.3 is 5.32 Å². The number of halogens is 1. The van der Waals surface area contributed by atoms with Crippen molar-refractivity contribution >= 4 is 28.9 Å². The molecule has 1 heterocycles. The predicted molar refractivity (Wildman–Crippen MR) is 78.7 cm³/mol. The van der Waals surface area contributed by atoms with E-state index in [1.165, 1.54) is 18.2 Å².